The number of hydrogen-bond donors (Lipinski definition) is 4. The molecule has 2 amide bonds. The average Bonchev–Trinajstić information content (AvgIpc) is 2.90. The Morgan fingerprint density at radius 2 is 1.82 bits per heavy atom. The van der Waals surface area contributed by atoms with Crippen LogP contribution < -0.4 is 21.7 Å². The molecule has 3 heterocycles. The molecule has 3 aromatic carbocycles. The first-order valence-electron chi connectivity index (χ1n) is 12.2. The van der Waals surface area contributed by atoms with E-state index in [1.54, 1.807) is 18.3 Å². The zero-order chi connectivity index (χ0) is 26.6. The molecule has 38 heavy (non-hydrogen) atoms. The fraction of sp³-hybridized carbons (Fsp3) is 0.179. The zero-order valence-electron chi connectivity index (χ0n) is 20.4. The number of fused-ring (bicyclic) bond motifs is 10. The van der Waals surface area contributed by atoms with Crippen molar-refractivity contribution in [1.29, 1.82) is 0 Å². The minimum Gasteiger partial charge on any atom is -0.768 e. The summed E-state index contributed by atoms with van der Waals surface area (Å²) in [7, 11) is 0. The van der Waals surface area contributed by atoms with Crippen LogP contribution >= 0.6 is 0 Å². The first-order chi connectivity index (χ1) is 18.4. The summed E-state index contributed by atoms with van der Waals surface area (Å²) in [6.07, 6.45) is 3.32. The Balaban J connectivity index is 1.49. The summed E-state index contributed by atoms with van der Waals surface area (Å²) in [5.74, 6) is -0.0646. The van der Waals surface area contributed by atoms with Crippen LogP contribution in [0, 0.1) is 0 Å². The fourth-order valence-corrected chi connectivity index (χ4v) is 5.08. The van der Waals surface area contributed by atoms with Gasteiger partial charge < -0.3 is 26.2 Å². The van der Waals surface area contributed by atoms with Gasteiger partial charge in [0.1, 0.15) is 11.9 Å². The number of carbonyl (C=O) groups is 2. The first kappa shape index (κ1) is 25.4. The van der Waals surface area contributed by atoms with Crippen molar-refractivity contribution in [1.82, 2.24) is 10.3 Å². The molecule has 10 heteroatoms. The monoisotopic (exact) mass is 528 g/mol. The highest BCUT2D eigenvalue weighted by molar-refractivity contribution is 7.79. The topological polar surface area (TPSA) is 149 Å². The summed E-state index contributed by atoms with van der Waals surface area (Å²) in [6, 6.07) is 18.9. The highest BCUT2D eigenvalue weighted by atomic mass is 32.2. The molecular weight excluding hydrogens is 502 g/mol. The molecule has 1 aromatic heterocycles. The molecule has 5 N–H and O–H groups in total. The lowest BCUT2D eigenvalue weighted by atomic mass is 10.0. The second kappa shape index (κ2) is 11.0. The molecule has 0 spiro atoms. The van der Waals surface area contributed by atoms with Crippen LogP contribution in [0.2, 0.25) is 0 Å². The SMILES string of the molecule is Nc1nccc2cc(N[C@H]3C(=O)NCc4cc(ccc4S(=O)[O-])NC(=O)CCCc4ccc3cc4)ccc12. The van der Waals surface area contributed by atoms with Crippen molar-refractivity contribution in [3.8, 4) is 0 Å². The first-order valence-corrected chi connectivity index (χ1v) is 13.2. The van der Waals surface area contributed by atoms with Crippen LogP contribution in [0.25, 0.3) is 10.8 Å². The predicted molar refractivity (Wildman–Crippen MR) is 146 cm³/mol. The molecule has 4 aromatic rings. The molecule has 194 valence electrons. The second-order valence-corrected chi connectivity index (χ2v) is 10.0. The largest absolute Gasteiger partial charge is 0.768 e. The maximum atomic E-state index is 13.5. The van der Waals surface area contributed by atoms with Crippen molar-refractivity contribution < 1.29 is 18.4 Å². The Labute approximate surface area is 222 Å². The number of nitrogens with one attached hydrogen (secondary N) is 3. The van der Waals surface area contributed by atoms with Crippen LogP contribution in [0.5, 0.6) is 0 Å². The Morgan fingerprint density at radius 1 is 1.00 bits per heavy atom. The Kier molecular flexibility index (Phi) is 7.34. The maximum absolute atomic E-state index is 13.5. The van der Waals surface area contributed by atoms with E-state index in [1.165, 1.54) is 6.07 Å². The lowest BCUT2D eigenvalue weighted by Gasteiger charge is -2.22. The van der Waals surface area contributed by atoms with Crippen molar-refractivity contribution in [3.05, 3.63) is 89.6 Å². The number of pyridine rings is 1. The van der Waals surface area contributed by atoms with Crippen LogP contribution in [0.1, 0.15) is 35.6 Å². The summed E-state index contributed by atoms with van der Waals surface area (Å²) in [6.45, 7) is -0.0396. The summed E-state index contributed by atoms with van der Waals surface area (Å²) < 4.78 is 23.6. The minimum absolute atomic E-state index is 0.0396. The van der Waals surface area contributed by atoms with Crippen molar-refractivity contribution in [3.63, 3.8) is 0 Å². The molecule has 2 aliphatic heterocycles. The molecule has 0 saturated heterocycles. The molecule has 6 rings (SSSR count). The van der Waals surface area contributed by atoms with Gasteiger partial charge in [-0.2, -0.15) is 0 Å². The Hall–Kier alpha value is -4.28. The normalized spacial score (nSPS) is 17.0. The maximum Gasteiger partial charge on any atom is 0.247 e. The van der Waals surface area contributed by atoms with E-state index in [4.69, 9.17) is 5.73 Å². The van der Waals surface area contributed by atoms with Gasteiger partial charge in [0, 0.05) is 40.8 Å². The van der Waals surface area contributed by atoms with E-state index in [1.807, 2.05) is 48.5 Å². The van der Waals surface area contributed by atoms with Gasteiger partial charge in [-0.05, 0) is 88.5 Å². The fourth-order valence-electron chi connectivity index (χ4n) is 4.55. The number of rotatable bonds is 3. The molecule has 9 nitrogen and oxygen atoms in total. The molecule has 2 atom stereocenters. The van der Waals surface area contributed by atoms with E-state index in [0.29, 0.717) is 42.0 Å². The van der Waals surface area contributed by atoms with Gasteiger partial charge in [0.05, 0.1) is 0 Å². The van der Waals surface area contributed by atoms with E-state index < -0.39 is 17.1 Å². The van der Waals surface area contributed by atoms with Gasteiger partial charge in [-0.15, -0.1) is 0 Å². The summed E-state index contributed by atoms with van der Waals surface area (Å²) >= 11 is -2.51. The number of aryl methyl sites for hydroxylation is 1. The summed E-state index contributed by atoms with van der Waals surface area (Å²) in [5, 5.41) is 10.7. The zero-order valence-corrected chi connectivity index (χ0v) is 21.2. The second-order valence-electron chi connectivity index (χ2n) is 9.13. The number of aromatic nitrogens is 1. The standard InChI is InChI=1S/C28H27N5O4S/c29-27-23-10-8-22(14-19(23)12-13-30-27)33-26-18-6-4-17(5-7-18)2-1-3-25(34)32-21-9-11-24(38(36)37)20(15-21)16-31-28(26)35/h4-15,26,33H,1-3,16H2,(H2,29,30)(H,31,35)(H,32,34)(H,36,37)/p-1/t26-/m1/s1. The van der Waals surface area contributed by atoms with Gasteiger partial charge in [-0.1, -0.05) is 24.3 Å². The van der Waals surface area contributed by atoms with Crippen LogP contribution in [-0.4, -0.2) is 25.6 Å². The van der Waals surface area contributed by atoms with Crippen molar-refractivity contribution in [2.75, 3.05) is 16.4 Å². The third-order valence-corrected chi connectivity index (χ3v) is 7.29. The highest BCUT2D eigenvalue weighted by Gasteiger charge is 2.22. The number of anilines is 3. The third-order valence-electron chi connectivity index (χ3n) is 6.53. The van der Waals surface area contributed by atoms with Crippen LogP contribution in [0.4, 0.5) is 17.2 Å². The number of nitrogens with two attached hydrogens (primary N) is 1. The minimum atomic E-state index is -2.51. The molecule has 0 radical (unpaired) electrons. The number of hydrogen-bond acceptors (Lipinski definition) is 7. The average molecular weight is 529 g/mol. The predicted octanol–water partition coefficient (Wildman–Crippen LogP) is 3.80. The Morgan fingerprint density at radius 3 is 2.61 bits per heavy atom. The summed E-state index contributed by atoms with van der Waals surface area (Å²) in [4.78, 5) is 30.1. The van der Waals surface area contributed by atoms with E-state index in [0.717, 1.165) is 21.9 Å². The van der Waals surface area contributed by atoms with Gasteiger partial charge in [0.25, 0.3) is 0 Å². The molecule has 0 saturated carbocycles. The van der Waals surface area contributed by atoms with Gasteiger partial charge in [0.2, 0.25) is 11.8 Å². The number of carbonyl (C=O) groups excluding carboxylic acids is 2. The van der Waals surface area contributed by atoms with Gasteiger partial charge in [-0.25, -0.2) is 4.98 Å². The third kappa shape index (κ3) is 5.66. The number of nitrogens with zero attached hydrogens (tertiary/aromatic N) is 1. The lowest BCUT2D eigenvalue weighted by molar-refractivity contribution is -0.122. The lowest BCUT2D eigenvalue weighted by Crippen LogP contribution is -2.33. The van der Waals surface area contributed by atoms with Crippen LogP contribution in [0.15, 0.2) is 77.8 Å². The van der Waals surface area contributed by atoms with E-state index in [-0.39, 0.29) is 23.3 Å². The van der Waals surface area contributed by atoms with Gasteiger partial charge in [-0.3, -0.25) is 13.8 Å². The molecule has 4 bridgehead atoms. The van der Waals surface area contributed by atoms with E-state index >= 15 is 0 Å². The summed E-state index contributed by atoms with van der Waals surface area (Å²) in [5.41, 5.74) is 9.35. The molecular formula is C28H26N5O4S-. The molecule has 0 aliphatic carbocycles. The van der Waals surface area contributed by atoms with Crippen molar-refractivity contribution >= 4 is 50.9 Å². The van der Waals surface area contributed by atoms with E-state index in [9.17, 15) is 18.4 Å². The van der Waals surface area contributed by atoms with Gasteiger partial charge in [0.15, 0.2) is 0 Å². The highest BCUT2D eigenvalue weighted by Crippen LogP contribution is 2.27. The Bertz CT molecular complexity index is 1540. The quantitative estimate of drug-likeness (QED) is 0.296. The van der Waals surface area contributed by atoms with Gasteiger partial charge >= 0.3 is 0 Å². The van der Waals surface area contributed by atoms with Crippen LogP contribution in [0.3, 0.4) is 0 Å². The van der Waals surface area contributed by atoms with Crippen molar-refractivity contribution in [2.24, 2.45) is 0 Å². The number of amides is 2. The molecule has 1 unspecified atom stereocenters. The van der Waals surface area contributed by atoms with E-state index in [2.05, 4.69) is 20.9 Å². The number of nitrogen functional groups attached to an aromatic ring is 1. The smallest absolute Gasteiger partial charge is 0.247 e. The number of benzene rings is 3. The van der Waals surface area contributed by atoms with Crippen LogP contribution in [-0.2, 0) is 33.6 Å². The van der Waals surface area contributed by atoms with Crippen molar-refractivity contribution in [2.45, 2.75) is 36.7 Å². The molecule has 2 aliphatic rings. The molecule has 0 fully saturated rings.